The highest BCUT2D eigenvalue weighted by molar-refractivity contribution is 9.09. The van der Waals surface area contributed by atoms with E-state index >= 15 is 0 Å². The number of methoxy groups -OCH3 is 2. The van der Waals surface area contributed by atoms with Crippen LogP contribution >= 0.6 is 15.9 Å². The third kappa shape index (κ3) is 24.9. The van der Waals surface area contributed by atoms with Crippen LogP contribution in [0.15, 0.2) is 54.6 Å². The number of hydrogen-bond donors (Lipinski definition) is 9. The molecule has 10 N–H and O–H groups in total. The lowest BCUT2D eigenvalue weighted by Gasteiger charge is -2.41. The molecular formula is C66H106BrN11O14. The third-order valence-corrected chi connectivity index (χ3v) is 17.6. The van der Waals surface area contributed by atoms with Crippen molar-refractivity contribution in [2.24, 2.45) is 35.3 Å². The summed E-state index contributed by atoms with van der Waals surface area (Å²) in [5.41, 5.74) is 6.80. The number of halogens is 1. The first-order valence-electron chi connectivity index (χ1n) is 32.2. The zero-order chi connectivity index (χ0) is 68.9. The molecule has 0 bridgehead atoms. The fourth-order valence-corrected chi connectivity index (χ4v) is 11.7. The van der Waals surface area contributed by atoms with Gasteiger partial charge in [0, 0.05) is 60.1 Å². The topological polar surface area (TPSA) is 339 Å². The predicted octanol–water partition coefficient (Wildman–Crippen LogP) is 5.66. The van der Waals surface area contributed by atoms with Crippen molar-refractivity contribution in [2.75, 3.05) is 58.6 Å². The zero-order valence-corrected chi connectivity index (χ0v) is 58.1. The van der Waals surface area contributed by atoms with Gasteiger partial charge in [0.25, 0.3) is 0 Å². The highest BCUT2D eigenvalue weighted by atomic mass is 79.9. The number of nitrogens with one attached hydrogen (secondary N) is 7. The maximum Gasteiger partial charge on any atom is 0.410 e. The van der Waals surface area contributed by atoms with Gasteiger partial charge >= 0.3 is 12.1 Å². The maximum absolute atomic E-state index is 14.8. The summed E-state index contributed by atoms with van der Waals surface area (Å²) >= 11 is 3.10. The molecule has 0 saturated carbocycles. The molecule has 2 aromatic rings. The number of urea groups is 1. The summed E-state index contributed by atoms with van der Waals surface area (Å²) in [7, 11) is 6.09. The first kappa shape index (κ1) is 79.3. The molecule has 25 nitrogen and oxygen atoms in total. The van der Waals surface area contributed by atoms with Crippen LogP contribution in [0.5, 0.6) is 0 Å². The normalized spacial score (nSPS) is 16.7. The second-order valence-electron chi connectivity index (χ2n) is 25.1. The van der Waals surface area contributed by atoms with Gasteiger partial charge < -0.3 is 72.1 Å². The molecule has 92 heavy (non-hydrogen) atoms. The molecule has 2 aromatic carbocycles. The lowest BCUT2D eigenvalue weighted by atomic mass is 9.89. The largest absolute Gasteiger partial charge is 0.445 e. The lowest BCUT2D eigenvalue weighted by molar-refractivity contribution is -0.148. The summed E-state index contributed by atoms with van der Waals surface area (Å²) < 4.78 is 17.8. The number of ether oxygens (including phenoxy) is 3. The first-order chi connectivity index (χ1) is 43.5. The van der Waals surface area contributed by atoms with E-state index in [1.807, 2.05) is 32.0 Å². The molecule has 0 aliphatic carbocycles. The molecule has 12 atom stereocenters. The van der Waals surface area contributed by atoms with Gasteiger partial charge in [-0.15, -0.1) is 0 Å². The van der Waals surface area contributed by atoms with Crippen molar-refractivity contribution in [3.63, 3.8) is 0 Å². The van der Waals surface area contributed by atoms with E-state index in [-0.39, 0.29) is 79.6 Å². The van der Waals surface area contributed by atoms with Crippen LogP contribution in [-0.4, -0.2) is 187 Å². The number of unbranched alkanes of at least 4 members (excludes halogenated alkanes) is 2. The summed E-state index contributed by atoms with van der Waals surface area (Å²) in [6.07, 6.45) is 1.08. The van der Waals surface area contributed by atoms with E-state index in [0.29, 0.717) is 68.4 Å². The zero-order valence-electron chi connectivity index (χ0n) is 56.5. The summed E-state index contributed by atoms with van der Waals surface area (Å²) in [6.45, 7) is 18.9. The highest BCUT2D eigenvalue weighted by Gasteiger charge is 2.44. The number of carbonyl (C=O) groups is 10. The number of aliphatic hydroxyl groups excluding tert-OH is 1. The molecule has 0 aromatic heterocycles. The number of likely N-dealkylation sites (N-methyl/N-ethyl adjacent to an activating group) is 2. The number of nitrogens with zero attached hydrogens (tertiary/aromatic N) is 3. The Kier molecular flexibility index (Phi) is 34.7. The number of carbonyl (C=O) groups excluding carboxylic acids is 10. The number of alkyl halides is 1. The van der Waals surface area contributed by atoms with E-state index in [0.717, 1.165) is 0 Å². The van der Waals surface area contributed by atoms with Crippen molar-refractivity contribution in [1.29, 1.82) is 0 Å². The van der Waals surface area contributed by atoms with E-state index in [9.17, 15) is 53.1 Å². The highest BCUT2D eigenvalue weighted by Crippen LogP contribution is 2.30. The summed E-state index contributed by atoms with van der Waals surface area (Å²) in [4.78, 5) is 139. The number of hydrogen-bond acceptors (Lipinski definition) is 14. The predicted molar refractivity (Wildman–Crippen MR) is 354 cm³/mol. The van der Waals surface area contributed by atoms with Gasteiger partial charge in [-0.25, -0.2) is 9.59 Å². The van der Waals surface area contributed by atoms with Crippen molar-refractivity contribution in [3.05, 3.63) is 65.7 Å². The Labute approximate surface area is 552 Å². The molecule has 0 spiro atoms. The minimum Gasteiger partial charge on any atom is -0.445 e. The molecule has 516 valence electrons. The van der Waals surface area contributed by atoms with Crippen LogP contribution in [0.25, 0.3) is 0 Å². The molecule has 11 amide bonds. The maximum atomic E-state index is 14.8. The van der Waals surface area contributed by atoms with E-state index < -0.39 is 114 Å². The molecule has 0 radical (unpaired) electrons. The van der Waals surface area contributed by atoms with Crippen LogP contribution in [0.4, 0.5) is 15.3 Å². The molecule has 1 fully saturated rings. The van der Waals surface area contributed by atoms with Gasteiger partial charge in [0.1, 0.15) is 30.8 Å². The first-order valence-corrected chi connectivity index (χ1v) is 33.4. The molecule has 1 aliphatic heterocycles. The average molecular weight is 1360 g/mol. The van der Waals surface area contributed by atoms with Crippen molar-refractivity contribution < 1.29 is 67.3 Å². The summed E-state index contributed by atoms with van der Waals surface area (Å²) in [6, 6.07) is 8.90. The Morgan fingerprint density at radius 3 is 1.92 bits per heavy atom. The van der Waals surface area contributed by atoms with Crippen LogP contribution in [0.1, 0.15) is 151 Å². The minimum absolute atomic E-state index is 0.0879. The number of primary amides is 1. The minimum atomic E-state index is -1.09. The SMILES string of the molecule is CC[C@H](C)[C@@H]([C@@H](CC(=O)N1CCC[C@H]1[C@H](OC)[C@@H](C)C(=O)N[C@H](C)[C@@H](O)c1ccccc1)OC)N(C)C(=O)C(NC(=O)[C@H](C(C)C)N(C)C(=O)OCc1ccc(NC(=O)[C@H](CCCNC(N)=O)NC(=O)[C@@H](NC(=O)CCCCCNC(=O)CBr)C(C)C)cc1)C(C)C. The van der Waals surface area contributed by atoms with Gasteiger partial charge in [0.2, 0.25) is 47.3 Å². The quantitative estimate of drug-likeness (QED) is 0.0288. The number of aliphatic hydroxyl groups is 1. The number of amides is 11. The summed E-state index contributed by atoms with van der Waals surface area (Å²) in [5, 5.41) is 30.6. The van der Waals surface area contributed by atoms with Crippen molar-refractivity contribution in [2.45, 2.75) is 201 Å². The van der Waals surface area contributed by atoms with E-state index in [1.165, 1.54) is 26.2 Å². The number of nitrogens with two attached hydrogens (primary N) is 1. The second kappa shape index (κ2) is 40.3. The number of rotatable bonds is 39. The fourth-order valence-electron chi connectivity index (χ4n) is 11.5. The van der Waals surface area contributed by atoms with Gasteiger partial charge in [0.15, 0.2) is 0 Å². The Morgan fingerprint density at radius 1 is 0.707 bits per heavy atom. The van der Waals surface area contributed by atoms with Gasteiger partial charge in [-0.2, -0.15) is 0 Å². The van der Waals surface area contributed by atoms with Crippen LogP contribution in [0, 0.1) is 29.6 Å². The Morgan fingerprint density at radius 2 is 1.35 bits per heavy atom. The second-order valence-corrected chi connectivity index (χ2v) is 25.7. The Bertz CT molecular complexity index is 2690. The molecule has 1 unspecified atom stereocenters. The van der Waals surface area contributed by atoms with E-state index in [2.05, 4.69) is 53.1 Å². The standard InChI is InChI=1S/C66H106BrN11O14/c1-15-42(8)57(50(90-13)36-53(81)78-35-23-27-49(78)59(91-14)43(9)60(83)71-44(10)58(82)46-24-18-16-19-25-46)76(11)64(87)55(40(4)5)75-63(86)56(41(6)7)77(12)66(89)92-38-45-29-31-47(32-30-45)72-61(84)48(26-22-34-70-65(68)88)73-62(85)54(39(2)3)74-51(79)28-20-17-21-33-69-52(80)37-67/h16,18-19,24-25,29-32,39-44,48-50,54-59,82H,15,17,20-23,26-28,33-38H2,1-14H3,(H,69,80)(H,71,83)(H,72,84)(H,73,85)(H,74,79)(H,75,86)(H3,68,70,88)/t42-,43+,44+,48-,49-,50+,54-,55?,56-,57-,58+,59+/m0/s1. The van der Waals surface area contributed by atoms with Gasteiger partial charge in [0.05, 0.1) is 54.1 Å². The van der Waals surface area contributed by atoms with Gasteiger partial charge in [-0.3, -0.25) is 43.3 Å². The van der Waals surface area contributed by atoms with Crippen molar-refractivity contribution in [1.82, 2.24) is 46.6 Å². The molecule has 1 aliphatic rings. The van der Waals surface area contributed by atoms with Crippen LogP contribution in [0.3, 0.4) is 0 Å². The molecule has 3 rings (SSSR count). The van der Waals surface area contributed by atoms with Crippen LogP contribution < -0.4 is 43.0 Å². The third-order valence-electron chi connectivity index (χ3n) is 17.1. The summed E-state index contributed by atoms with van der Waals surface area (Å²) in [5.74, 6) is -5.21. The molecule has 1 heterocycles. The fraction of sp³-hybridized carbons (Fsp3) is 0.667. The van der Waals surface area contributed by atoms with Crippen molar-refractivity contribution in [3.8, 4) is 0 Å². The Hall–Kier alpha value is -6.90. The monoisotopic (exact) mass is 1360 g/mol. The molecule has 26 heteroatoms. The van der Waals surface area contributed by atoms with Crippen LogP contribution in [0.2, 0.25) is 0 Å². The molecular weight excluding hydrogens is 1250 g/mol. The number of benzene rings is 2. The van der Waals surface area contributed by atoms with Crippen molar-refractivity contribution >= 4 is 81.0 Å². The number of anilines is 1. The van der Waals surface area contributed by atoms with Crippen LogP contribution in [-0.2, 0) is 59.2 Å². The number of likely N-dealkylation sites (tertiary alicyclic amines) is 1. The van der Waals surface area contributed by atoms with Gasteiger partial charge in [-0.05, 0) is 92.4 Å². The average Bonchev–Trinajstić information content (AvgIpc) is 2.06. The van der Waals surface area contributed by atoms with E-state index in [1.54, 1.807) is 109 Å². The lowest BCUT2D eigenvalue weighted by Crippen LogP contribution is -2.60. The Balaban J connectivity index is 1.69. The smallest absolute Gasteiger partial charge is 0.410 e. The molecule has 1 saturated heterocycles. The van der Waals surface area contributed by atoms with E-state index in [4.69, 9.17) is 19.9 Å². The van der Waals surface area contributed by atoms with Gasteiger partial charge in [-0.1, -0.05) is 134 Å².